The normalized spacial score (nSPS) is 26.3. The van der Waals surface area contributed by atoms with Gasteiger partial charge in [-0.3, -0.25) is 9.59 Å². The maximum atomic E-state index is 12.7. The fourth-order valence-corrected chi connectivity index (χ4v) is 3.73. The van der Waals surface area contributed by atoms with Gasteiger partial charge >= 0.3 is 12.3 Å². The van der Waals surface area contributed by atoms with Crippen molar-refractivity contribution in [2.45, 2.75) is 50.6 Å². The summed E-state index contributed by atoms with van der Waals surface area (Å²) in [5.41, 5.74) is 0.362. The Kier molecular flexibility index (Phi) is 5.59. The number of benzene rings is 1. The van der Waals surface area contributed by atoms with Crippen molar-refractivity contribution < 1.29 is 32.6 Å². The number of carbonyl (C=O) groups excluding carboxylic acids is 1. The number of carboxylic acid groups (broad SMARTS) is 1. The second-order valence-corrected chi connectivity index (χ2v) is 6.93. The highest BCUT2D eigenvalue weighted by molar-refractivity contribution is 5.99. The van der Waals surface area contributed by atoms with E-state index in [0.29, 0.717) is 44.3 Å². The molecule has 1 unspecified atom stereocenters. The molecule has 3 rings (SSSR count). The van der Waals surface area contributed by atoms with Crippen molar-refractivity contribution >= 4 is 17.6 Å². The van der Waals surface area contributed by atoms with Crippen molar-refractivity contribution in [3.63, 3.8) is 0 Å². The van der Waals surface area contributed by atoms with E-state index in [0.717, 1.165) is 0 Å². The van der Waals surface area contributed by atoms with E-state index in [1.807, 2.05) is 0 Å². The predicted octanol–water partition coefficient (Wildman–Crippen LogP) is 2.92. The summed E-state index contributed by atoms with van der Waals surface area (Å²) < 4.78 is 41.0. The van der Waals surface area contributed by atoms with Gasteiger partial charge in [0.15, 0.2) is 0 Å². The lowest BCUT2D eigenvalue weighted by Crippen LogP contribution is -2.45. The molecule has 9 heteroatoms. The lowest BCUT2D eigenvalue weighted by Gasteiger charge is -2.29. The minimum atomic E-state index is -4.79. The average molecular weight is 386 g/mol. The third-order valence-corrected chi connectivity index (χ3v) is 5.08. The summed E-state index contributed by atoms with van der Waals surface area (Å²) in [6, 6.07) is 5.04. The van der Waals surface area contributed by atoms with Gasteiger partial charge in [-0.2, -0.15) is 0 Å². The second kappa shape index (κ2) is 7.75. The van der Waals surface area contributed by atoms with Gasteiger partial charge in [0.25, 0.3) is 0 Å². The number of carboxylic acids is 1. The van der Waals surface area contributed by atoms with Crippen molar-refractivity contribution in [1.82, 2.24) is 5.32 Å². The Balaban J connectivity index is 1.59. The summed E-state index contributed by atoms with van der Waals surface area (Å²) in [5.74, 6) is -1.66. The number of hydrogen-bond donors (Lipinski definition) is 2. The smallest absolute Gasteiger partial charge is 0.481 e. The zero-order valence-electron chi connectivity index (χ0n) is 14.5. The van der Waals surface area contributed by atoms with Crippen molar-refractivity contribution in [3.8, 4) is 5.75 Å². The van der Waals surface area contributed by atoms with Crippen LogP contribution in [0.3, 0.4) is 0 Å². The molecule has 1 aromatic carbocycles. The largest absolute Gasteiger partial charge is 0.573 e. The van der Waals surface area contributed by atoms with Gasteiger partial charge in [0.2, 0.25) is 5.91 Å². The number of aliphatic carboxylic acids is 1. The van der Waals surface area contributed by atoms with Gasteiger partial charge in [-0.1, -0.05) is 6.07 Å². The minimum absolute atomic E-state index is 0.0781. The zero-order chi connectivity index (χ0) is 19.6. The molecule has 2 N–H and O–H groups in total. The maximum Gasteiger partial charge on any atom is 0.573 e. The van der Waals surface area contributed by atoms with Crippen LogP contribution in [0.2, 0.25) is 0 Å². The van der Waals surface area contributed by atoms with Crippen molar-refractivity contribution in [2.24, 2.45) is 5.92 Å². The third-order valence-electron chi connectivity index (χ3n) is 5.08. The molecule has 148 valence electrons. The van der Waals surface area contributed by atoms with Gasteiger partial charge in [-0.25, -0.2) is 0 Å². The lowest BCUT2D eigenvalue weighted by molar-refractivity contribution is -0.274. The van der Waals surface area contributed by atoms with Crippen LogP contribution < -0.4 is 15.0 Å². The Bertz CT molecular complexity index is 702. The Labute approximate surface area is 154 Å². The number of halogens is 3. The summed E-state index contributed by atoms with van der Waals surface area (Å²) in [5, 5.41) is 12.3. The molecule has 2 fully saturated rings. The van der Waals surface area contributed by atoms with E-state index in [9.17, 15) is 22.8 Å². The fourth-order valence-electron chi connectivity index (χ4n) is 3.73. The molecule has 1 aromatic rings. The van der Waals surface area contributed by atoms with Crippen LogP contribution >= 0.6 is 0 Å². The molecule has 0 radical (unpaired) electrons. The molecule has 0 spiro atoms. The summed E-state index contributed by atoms with van der Waals surface area (Å²) in [6.07, 6.45) is -1.71. The Hall–Kier alpha value is -2.29. The lowest BCUT2D eigenvalue weighted by atomic mass is 9.86. The maximum absolute atomic E-state index is 12.7. The molecule has 1 amide bonds. The van der Waals surface area contributed by atoms with Crippen LogP contribution in [0, 0.1) is 5.92 Å². The average Bonchev–Trinajstić information content (AvgIpc) is 2.95. The van der Waals surface area contributed by atoms with E-state index >= 15 is 0 Å². The van der Waals surface area contributed by atoms with Crippen LogP contribution in [-0.2, 0) is 9.59 Å². The molecule has 27 heavy (non-hydrogen) atoms. The van der Waals surface area contributed by atoms with Gasteiger partial charge < -0.3 is 20.1 Å². The Morgan fingerprint density at radius 3 is 2.52 bits per heavy atom. The number of ether oxygens (including phenoxy) is 1. The second-order valence-electron chi connectivity index (χ2n) is 6.93. The van der Waals surface area contributed by atoms with E-state index in [1.165, 1.54) is 23.1 Å². The van der Waals surface area contributed by atoms with Crippen LogP contribution in [0.15, 0.2) is 24.3 Å². The zero-order valence-corrected chi connectivity index (χ0v) is 14.5. The monoisotopic (exact) mass is 386 g/mol. The first-order valence-electron chi connectivity index (χ1n) is 8.89. The predicted molar refractivity (Wildman–Crippen MR) is 90.4 cm³/mol. The van der Waals surface area contributed by atoms with E-state index in [1.54, 1.807) is 6.07 Å². The molecular weight excluding hydrogens is 365 g/mol. The molecule has 1 aliphatic heterocycles. The molecule has 1 saturated carbocycles. The number of amides is 1. The quantitative estimate of drug-likeness (QED) is 0.814. The van der Waals surface area contributed by atoms with Gasteiger partial charge in [-0.05, 0) is 44.2 Å². The van der Waals surface area contributed by atoms with Crippen LogP contribution in [0.5, 0.6) is 5.75 Å². The SMILES string of the molecule is O=C(O)C1CCC(NC2CCN(c3cccc(OC(F)(F)F)c3)C2=O)CC1. The highest BCUT2D eigenvalue weighted by Gasteiger charge is 2.36. The van der Waals surface area contributed by atoms with Crippen LogP contribution in [0.1, 0.15) is 32.1 Å². The standard InChI is InChI=1S/C18H21F3N2O4/c19-18(20,21)27-14-3-1-2-13(10-14)23-9-8-15(16(23)24)22-12-6-4-11(5-7-12)17(25)26/h1-3,10-12,15,22H,4-9H2,(H,25,26). The first-order valence-corrected chi connectivity index (χ1v) is 8.89. The molecule has 0 aromatic heterocycles. The van der Waals surface area contributed by atoms with E-state index in [2.05, 4.69) is 10.1 Å². The Morgan fingerprint density at radius 1 is 1.19 bits per heavy atom. The molecule has 1 heterocycles. The first-order chi connectivity index (χ1) is 12.7. The van der Waals surface area contributed by atoms with E-state index in [-0.39, 0.29) is 23.6 Å². The number of rotatable bonds is 5. The third kappa shape index (κ3) is 4.91. The molecule has 6 nitrogen and oxygen atoms in total. The summed E-state index contributed by atoms with van der Waals surface area (Å²) in [6.45, 7) is 0.399. The van der Waals surface area contributed by atoms with E-state index in [4.69, 9.17) is 5.11 Å². The van der Waals surface area contributed by atoms with Crippen LogP contribution in [0.25, 0.3) is 0 Å². The summed E-state index contributed by atoms with van der Waals surface area (Å²) >= 11 is 0. The van der Waals surface area contributed by atoms with Gasteiger partial charge in [0, 0.05) is 24.3 Å². The number of nitrogens with one attached hydrogen (secondary N) is 1. The minimum Gasteiger partial charge on any atom is -0.481 e. The molecule has 1 saturated heterocycles. The number of carbonyl (C=O) groups is 2. The number of anilines is 1. The fraction of sp³-hybridized carbons (Fsp3) is 0.556. The van der Waals surface area contributed by atoms with Crippen molar-refractivity contribution in [2.75, 3.05) is 11.4 Å². The first kappa shape index (κ1) is 19.5. The number of nitrogens with zero attached hydrogens (tertiary/aromatic N) is 1. The number of hydrogen-bond acceptors (Lipinski definition) is 4. The highest BCUT2D eigenvalue weighted by atomic mass is 19.4. The van der Waals surface area contributed by atoms with Gasteiger partial charge in [0.1, 0.15) is 5.75 Å². The van der Waals surface area contributed by atoms with Crippen molar-refractivity contribution in [1.29, 1.82) is 0 Å². The number of alkyl halides is 3. The van der Waals surface area contributed by atoms with Crippen molar-refractivity contribution in [3.05, 3.63) is 24.3 Å². The highest BCUT2D eigenvalue weighted by Crippen LogP contribution is 2.30. The topological polar surface area (TPSA) is 78.9 Å². The van der Waals surface area contributed by atoms with E-state index < -0.39 is 18.4 Å². The van der Waals surface area contributed by atoms with Gasteiger partial charge in [0.05, 0.1) is 12.0 Å². The Morgan fingerprint density at radius 2 is 1.89 bits per heavy atom. The molecule has 0 bridgehead atoms. The molecule has 2 aliphatic rings. The molecular formula is C18H21F3N2O4. The van der Waals surface area contributed by atoms with Crippen LogP contribution in [0.4, 0.5) is 18.9 Å². The van der Waals surface area contributed by atoms with Crippen LogP contribution in [-0.4, -0.2) is 42.0 Å². The van der Waals surface area contributed by atoms with Gasteiger partial charge in [-0.15, -0.1) is 13.2 Å². The summed E-state index contributed by atoms with van der Waals surface area (Å²) in [4.78, 5) is 25.1. The summed E-state index contributed by atoms with van der Waals surface area (Å²) in [7, 11) is 0. The molecule has 1 aliphatic carbocycles. The molecule has 1 atom stereocenters.